The van der Waals surface area contributed by atoms with Gasteiger partial charge in [0.2, 0.25) is 11.8 Å². The van der Waals surface area contributed by atoms with Gasteiger partial charge in [0, 0.05) is 36.5 Å². The maximum atomic E-state index is 13.3. The van der Waals surface area contributed by atoms with Crippen LogP contribution in [0.15, 0.2) is 72.9 Å². The molecule has 33 heavy (non-hydrogen) atoms. The number of amides is 2. The van der Waals surface area contributed by atoms with E-state index in [1.54, 1.807) is 18.1 Å². The Balaban J connectivity index is 1.45. The number of hydrogen-bond donors (Lipinski definition) is 1. The van der Waals surface area contributed by atoms with Crippen molar-refractivity contribution in [1.82, 2.24) is 9.38 Å². The predicted molar refractivity (Wildman–Crippen MR) is 127 cm³/mol. The molecule has 1 aliphatic heterocycles. The lowest BCUT2D eigenvalue weighted by molar-refractivity contribution is -0.122. The van der Waals surface area contributed by atoms with Crippen LogP contribution in [0.3, 0.4) is 0 Å². The van der Waals surface area contributed by atoms with Crippen LogP contribution in [0.25, 0.3) is 16.9 Å². The molecule has 7 heteroatoms. The second-order valence-electron chi connectivity index (χ2n) is 8.16. The number of ether oxygens (including phenoxy) is 1. The normalized spacial score (nSPS) is 15.8. The SMILES string of the molecule is COc1cccc(N2CC(C(=O)Nc3c(-c4ccccc4)nc4c(C)cccn34)CC2=O)c1. The topological polar surface area (TPSA) is 75.9 Å². The largest absolute Gasteiger partial charge is 0.497 e. The number of methoxy groups -OCH3 is 1. The fraction of sp³-hybridized carbons (Fsp3) is 0.192. The zero-order valence-corrected chi connectivity index (χ0v) is 18.5. The smallest absolute Gasteiger partial charge is 0.230 e. The summed E-state index contributed by atoms with van der Waals surface area (Å²) in [6.07, 6.45) is 2.04. The van der Waals surface area contributed by atoms with Gasteiger partial charge in [-0.15, -0.1) is 0 Å². The highest BCUT2D eigenvalue weighted by atomic mass is 16.5. The van der Waals surface area contributed by atoms with E-state index < -0.39 is 5.92 Å². The van der Waals surface area contributed by atoms with Gasteiger partial charge < -0.3 is 15.0 Å². The summed E-state index contributed by atoms with van der Waals surface area (Å²) >= 11 is 0. The maximum Gasteiger partial charge on any atom is 0.230 e. The van der Waals surface area contributed by atoms with Gasteiger partial charge in [-0.05, 0) is 30.7 Å². The van der Waals surface area contributed by atoms with Crippen LogP contribution in [0.5, 0.6) is 5.75 Å². The van der Waals surface area contributed by atoms with Gasteiger partial charge in [0.1, 0.15) is 22.9 Å². The van der Waals surface area contributed by atoms with Crippen molar-refractivity contribution in [3.05, 3.63) is 78.5 Å². The molecular weight excluding hydrogens is 416 g/mol. The van der Waals surface area contributed by atoms with E-state index in [1.807, 2.05) is 78.2 Å². The molecule has 2 aromatic carbocycles. The maximum absolute atomic E-state index is 13.3. The molecule has 1 fully saturated rings. The minimum absolute atomic E-state index is 0.0827. The molecule has 1 atom stereocenters. The summed E-state index contributed by atoms with van der Waals surface area (Å²) in [5, 5.41) is 3.07. The first-order chi connectivity index (χ1) is 16.0. The number of carbonyl (C=O) groups excluding carboxylic acids is 2. The number of fused-ring (bicyclic) bond motifs is 1. The number of anilines is 2. The summed E-state index contributed by atoms with van der Waals surface area (Å²) in [4.78, 5) is 32.5. The summed E-state index contributed by atoms with van der Waals surface area (Å²) in [7, 11) is 1.59. The van der Waals surface area contributed by atoms with E-state index in [4.69, 9.17) is 9.72 Å². The van der Waals surface area contributed by atoms with Gasteiger partial charge in [0.25, 0.3) is 0 Å². The Labute approximate surface area is 191 Å². The number of nitrogens with one attached hydrogen (secondary N) is 1. The lowest BCUT2D eigenvalue weighted by Gasteiger charge is -2.17. The first-order valence-corrected chi connectivity index (χ1v) is 10.8. The van der Waals surface area contributed by atoms with Crippen molar-refractivity contribution in [1.29, 1.82) is 0 Å². The molecule has 1 aliphatic rings. The van der Waals surface area contributed by atoms with Gasteiger partial charge in [-0.25, -0.2) is 4.98 Å². The lowest BCUT2D eigenvalue weighted by Crippen LogP contribution is -2.28. The van der Waals surface area contributed by atoms with Gasteiger partial charge in [0.05, 0.1) is 13.0 Å². The van der Waals surface area contributed by atoms with Crippen molar-refractivity contribution in [3.8, 4) is 17.0 Å². The predicted octanol–water partition coefficient (Wildman–Crippen LogP) is 4.31. The quantitative estimate of drug-likeness (QED) is 0.502. The van der Waals surface area contributed by atoms with Crippen LogP contribution in [-0.2, 0) is 9.59 Å². The van der Waals surface area contributed by atoms with Crippen molar-refractivity contribution in [3.63, 3.8) is 0 Å². The Kier molecular flexibility index (Phi) is 5.30. The van der Waals surface area contributed by atoms with Crippen molar-refractivity contribution >= 4 is 29.0 Å². The molecular formula is C26H24N4O3. The molecule has 0 saturated carbocycles. The van der Waals surface area contributed by atoms with Crippen LogP contribution in [0.2, 0.25) is 0 Å². The first kappa shape index (κ1) is 20.8. The fourth-order valence-electron chi connectivity index (χ4n) is 4.25. The van der Waals surface area contributed by atoms with E-state index in [0.29, 0.717) is 23.8 Å². The Morgan fingerprint density at radius 2 is 1.91 bits per heavy atom. The van der Waals surface area contributed by atoms with E-state index in [-0.39, 0.29) is 18.2 Å². The van der Waals surface area contributed by atoms with Gasteiger partial charge >= 0.3 is 0 Å². The van der Waals surface area contributed by atoms with Crippen LogP contribution >= 0.6 is 0 Å². The highest BCUT2D eigenvalue weighted by molar-refractivity contribution is 6.04. The van der Waals surface area contributed by atoms with Crippen LogP contribution in [0, 0.1) is 12.8 Å². The van der Waals surface area contributed by atoms with Crippen LogP contribution < -0.4 is 15.0 Å². The second kappa shape index (κ2) is 8.43. The molecule has 0 radical (unpaired) electrons. The van der Waals surface area contributed by atoms with E-state index in [1.165, 1.54) is 0 Å². The first-order valence-electron chi connectivity index (χ1n) is 10.8. The van der Waals surface area contributed by atoms with Crippen molar-refractivity contribution < 1.29 is 14.3 Å². The number of pyridine rings is 1. The zero-order chi connectivity index (χ0) is 22.9. The summed E-state index contributed by atoms with van der Waals surface area (Å²) in [6, 6.07) is 21.0. The number of imidazole rings is 1. The number of aryl methyl sites for hydroxylation is 1. The molecule has 0 bridgehead atoms. The van der Waals surface area contributed by atoms with Crippen molar-refractivity contribution in [2.75, 3.05) is 23.9 Å². The average molecular weight is 441 g/mol. The third kappa shape index (κ3) is 3.82. The van der Waals surface area contributed by atoms with E-state index in [9.17, 15) is 9.59 Å². The molecule has 1 saturated heterocycles. The summed E-state index contributed by atoms with van der Waals surface area (Å²) in [6.45, 7) is 2.30. The fourth-order valence-corrected chi connectivity index (χ4v) is 4.25. The number of benzene rings is 2. The standard InChI is InChI=1S/C26H24N4O3/c1-17-8-7-13-29-24(17)27-23(18-9-4-3-5-10-18)25(29)28-26(32)19-14-22(31)30(16-19)20-11-6-12-21(15-20)33-2/h3-13,15,19H,14,16H2,1-2H3,(H,28,32). The number of nitrogens with zero attached hydrogens (tertiary/aromatic N) is 3. The molecule has 4 aromatic rings. The molecule has 0 aliphatic carbocycles. The third-order valence-corrected chi connectivity index (χ3v) is 5.99. The van der Waals surface area contributed by atoms with E-state index in [0.717, 1.165) is 22.5 Å². The Hall–Kier alpha value is -4.13. The molecule has 3 heterocycles. The van der Waals surface area contributed by atoms with Crippen LogP contribution in [-0.4, -0.2) is 34.9 Å². The molecule has 2 aromatic heterocycles. The van der Waals surface area contributed by atoms with E-state index in [2.05, 4.69) is 5.32 Å². The summed E-state index contributed by atoms with van der Waals surface area (Å²) in [5.41, 5.74) is 4.14. The zero-order valence-electron chi connectivity index (χ0n) is 18.5. The molecule has 1 N–H and O–H groups in total. The minimum atomic E-state index is -0.470. The summed E-state index contributed by atoms with van der Waals surface area (Å²) < 4.78 is 7.17. The van der Waals surface area contributed by atoms with Crippen LogP contribution in [0.1, 0.15) is 12.0 Å². The number of rotatable bonds is 5. The molecule has 5 rings (SSSR count). The number of hydrogen-bond acceptors (Lipinski definition) is 4. The highest BCUT2D eigenvalue weighted by Gasteiger charge is 2.36. The van der Waals surface area contributed by atoms with Gasteiger partial charge in [-0.1, -0.05) is 42.5 Å². The Morgan fingerprint density at radius 3 is 2.70 bits per heavy atom. The molecule has 0 spiro atoms. The lowest BCUT2D eigenvalue weighted by atomic mass is 10.1. The highest BCUT2D eigenvalue weighted by Crippen LogP contribution is 2.32. The minimum Gasteiger partial charge on any atom is -0.497 e. The molecule has 2 amide bonds. The molecule has 166 valence electrons. The molecule has 1 unspecified atom stereocenters. The Morgan fingerprint density at radius 1 is 1.09 bits per heavy atom. The number of aromatic nitrogens is 2. The van der Waals surface area contributed by atoms with Crippen LogP contribution in [0.4, 0.5) is 11.5 Å². The van der Waals surface area contributed by atoms with Gasteiger partial charge in [-0.2, -0.15) is 0 Å². The average Bonchev–Trinajstić information content (AvgIpc) is 3.41. The van der Waals surface area contributed by atoms with Crippen molar-refractivity contribution in [2.45, 2.75) is 13.3 Å². The van der Waals surface area contributed by atoms with Crippen molar-refractivity contribution in [2.24, 2.45) is 5.92 Å². The third-order valence-electron chi connectivity index (χ3n) is 5.99. The number of carbonyl (C=O) groups is 2. The molecule has 7 nitrogen and oxygen atoms in total. The Bertz CT molecular complexity index is 1350. The second-order valence-corrected chi connectivity index (χ2v) is 8.16. The van der Waals surface area contributed by atoms with Gasteiger partial charge in [-0.3, -0.25) is 14.0 Å². The summed E-state index contributed by atoms with van der Waals surface area (Å²) in [5.74, 6) is 0.525. The van der Waals surface area contributed by atoms with E-state index >= 15 is 0 Å². The van der Waals surface area contributed by atoms with Gasteiger partial charge in [0.15, 0.2) is 0 Å². The monoisotopic (exact) mass is 440 g/mol.